The predicted molar refractivity (Wildman–Crippen MR) is 81.3 cm³/mol. The van der Waals surface area contributed by atoms with Gasteiger partial charge in [-0.05, 0) is 32.4 Å². The molecule has 0 aromatic carbocycles. The van der Waals surface area contributed by atoms with E-state index >= 15 is 0 Å². The van der Waals surface area contributed by atoms with Gasteiger partial charge in [0.25, 0.3) is 0 Å². The van der Waals surface area contributed by atoms with Gasteiger partial charge in [0.05, 0.1) is 12.6 Å². The minimum atomic E-state index is 0.149. The van der Waals surface area contributed by atoms with Gasteiger partial charge in [-0.15, -0.1) is 0 Å². The molecule has 2 aliphatic rings. The van der Waals surface area contributed by atoms with Crippen molar-refractivity contribution in [3.05, 3.63) is 12.7 Å². The van der Waals surface area contributed by atoms with Crippen LogP contribution < -0.4 is 0 Å². The molecule has 2 saturated heterocycles. The van der Waals surface area contributed by atoms with Gasteiger partial charge in [-0.3, -0.25) is 9.48 Å². The van der Waals surface area contributed by atoms with Crippen LogP contribution in [0.5, 0.6) is 0 Å². The number of ether oxygens (including phenoxy) is 1. The number of aryl methyl sites for hydroxylation is 1. The summed E-state index contributed by atoms with van der Waals surface area (Å²) in [4.78, 5) is 20.7. The molecule has 0 saturated carbocycles. The van der Waals surface area contributed by atoms with Crippen molar-refractivity contribution in [1.82, 2.24) is 24.6 Å². The van der Waals surface area contributed by atoms with E-state index in [1.807, 2.05) is 4.90 Å². The van der Waals surface area contributed by atoms with E-state index in [1.165, 1.54) is 32.3 Å². The summed E-state index contributed by atoms with van der Waals surface area (Å²) in [7, 11) is 0. The summed E-state index contributed by atoms with van der Waals surface area (Å²) in [5.74, 6) is 0.187. The van der Waals surface area contributed by atoms with Crippen molar-refractivity contribution in [2.75, 3.05) is 39.3 Å². The fourth-order valence-corrected chi connectivity index (χ4v) is 3.20. The normalized spacial score (nSPS) is 23.6. The molecule has 1 aromatic heterocycles. The van der Waals surface area contributed by atoms with E-state index in [0.29, 0.717) is 19.5 Å². The van der Waals surface area contributed by atoms with Crippen molar-refractivity contribution in [2.45, 2.75) is 38.3 Å². The van der Waals surface area contributed by atoms with E-state index < -0.39 is 0 Å². The van der Waals surface area contributed by atoms with Crippen molar-refractivity contribution in [1.29, 1.82) is 0 Å². The fraction of sp³-hybridized carbons (Fsp3) is 0.800. The highest BCUT2D eigenvalue weighted by Gasteiger charge is 2.25. The molecule has 1 aromatic rings. The third-order valence-corrected chi connectivity index (χ3v) is 4.38. The molecule has 0 unspecified atom stereocenters. The first-order chi connectivity index (χ1) is 10.8. The van der Waals surface area contributed by atoms with Crippen molar-refractivity contribution in [3.63, 3.8) is 0 Å². The van der Waals surface area contributed by atoms with Gasteiger partial charge in [-0.2, -0.15) is 5.10 Å². The largest absolute Gasteiger partial charge is 0.375 e. The van der Waals surface area contributed by atoms with Crippen LogP contribution in [0, 0.1) is 0 Å². The van der Waals surface area contributed by atoms with E-state index in [1.54, 1.807) is 11.0 Å². The zero-order valence-electron chi connectivity index (χ0n) is 13.1. The van der Waals surface area contributed by atoms with E-state index in [4.69, 9.17) is 4.74 Å². The summed E-state index contributed by atoms with van der Waals surface area (Å²) in [5, 5.41) is 4.04. The second-order valence-electron chi connectivity index (χ2n) is 6.10. The van der Waals surface area contributed by atoms with Crippen LogP contribution >= 0.6 is 0 Å². The Hall–Kier alpha value is -1.47. The maximum atomic E-state index is 12.4. The highest BCUT2D eigenvalue weighted by molar-refractivity contribution is 5.76. The van der Waals surface area contributed by atoms with Gasteiger partial charge in [0.15, 0.2) is 0 Å². The van der Waals surface area contributed by atoms with Crippen molar-refractivity contribution >= 4 is 5.91 Å². The number of carbonyl (C=O) groups is 1. The van der Waals surface area contributed by atoms with Crippen LogP contribution in [0.15, 0.2) is 12.7 Å². The summed E-state index contributed by atoms with van der Waals surface area (Å²) in [6.07, 6.45) is 7.26. The van der Waals surface area contributed by atoms with Gasteiger partial charge in [0, 0.05) is 32.7 Å². The molecule has 122 valence electrons. The summed E-state index contributed by atoms with van der Waals surface area (Å²) in [6.45, 7) is 6.14. The Bertz CT molecular complexity index is 459. The SMILES string of the molecule is O=C(CCn1cncn1)N1CCCO[C@H](CN2CCCC2)C1. The number of rotatable bonds is 5. The molecular weight excluding hydrogens is 282 g/mol. The lowest BCUT2D eigenvalue weighted by molar-refractivity contribution is -0.132. The Morgan fingerprint density at radius 1 is 1.23 bits per heavy atom. The summed E-state index contributed by atoms with van der Waals surface area (Å²) >= 11 is 0. The molecule has 0 aliphatic carbocycles. The first-order valence-electron chi connectivity index (χ1n) is 8.25. The van der Waals surface area contributed by atoms with E-state index in [9.17, 15) is 4.79 Å². The van der Waals surface area contributed by atoms with Crippen LogP contribution in [0.1, 0.15) is 25.7 Å². The molecule has 7 nitrogen and oxygen atoms in total. The number of hydrogen-bond donors (Lipinski definition) is 0. The van der Waals surface area contributed by atoms with Gasteiger partial charge in [0.1, 0.15) is 12.7 Å². The standard InChI is InChI=1S/C15H25N5O2/c21-15(4-8-20-13-16-12-17-20)19-7-3-9-22-14(11-19)10-18-5-1-2-6-18/h12-14H,1-11H2/t14-/m1/s1. The van der Waals surface area contributed by atoms with Gasteiger partial charge < -0.3 is 14.5 Å². The van der Waals surface area contributed by atoms with Crippen LogP contribution in [0.2, 0.25) is 0 Å². The molecule has 1 atom stereocenters. The summed E-state index contributed by atoms with van der Waals surface area (Å²) < 4.78 is 7.63. The van der Waals surface area contributed by atoms with Crippen molar-refractivity contribution < 1.29 is 9.53 Å². The third kappa shape index (κ3) is 4.27. The summed E-state index contributed by atoms with van der Waals surface area (Å²) in [6, 6.07) is 0. The van der Waals surface area contributed by atoms with E-state index in [2.05, 4.69) is 15.0 Å². The zero-order valence-corrected chi connectivity index (χ0v) is 13.1. The van der Waals surface area contributed by atoms with Crippen LogP contribution in [-0.2, 0) is 16.1 Å². The highest BCUT2D eigenvalue weighted by atomic mass is 16.5. The first-order valence-corrected chi connectivity index (χ1v) is 8.25. The van der Waals surface area contributed by atoms with Crippen LogP contribution in [0.4, 0.5) is 0 Å². The number of nitrogens with zero attached hydrogens (tertiary/aromatic N) is 5. The lowest BCUT2D eigenvalue weighted by atomic mass is 10.2. The van der Waals surface area contributed by atoms with E-state index in [0.717, 1.165) is 26.1 Å². The number of carbonyl (C=O) groups excluding carboxylic acids is 1. The Kier molecular flexibility index (Phi) is 5.39. The molecular formula is C15H25N5O2. The number of likely N-dealkylation sites (tertiary alicyclic amines) is 1. The Morgan fingerprint density at radius 2 is 2.09 bits per heavy atom. The van der Waals surface area contributed by atoms with Crippen LogP contribution in [0.25, 0.3) is 0 Å². The average molecular weight is 307 g/mol. The minimum Gasteiger partial charge on any atom is -0.375 e. The fourth-order valence-electron chi connectivity index (χ4n) is 3.20. The van der Waals surface area contributed by atoms with Crippen LogP contribution in [0.3, 0.4) is 0 Å². The quantitative estimate of drug-likeness (QED) is 0.787. The predicted octanol–water partition coefficient (Wildman–Crippen LogP) is 0.382. The maximum Gasteiger partial charge on any atom is 0.224 e. The second-order valence-corrected chi connectivity index (χ2v) is 6.10. The molecule has 1 amide bonds. The first kappa shape index (κ1) is 15.4. The van der Waals surface area contributed by atoms with Crippen LogP contribution in [-0.4, -0.2) is 75.9 Å². The molecule has 0 bridgehead atoms. The Labute approximate surface area is 131 Å². The smallest absolute Gasteiger partial charge is 0.224 e. The molecule has 2 fully saturated rings. The molecule has 22 heavy (non-hydrogen) atoms. The zero-order chi connectivity index (χ0) is 15.2. The molecule has 2 aliphatic heterocycles. The number of amides is 1. The monoisotopic (exact) mass is 307 g/mol. The third-order valence-electron chi connectivity index (χ3n) is 4.38. The highest BCUT2D eigenvalue weighted by Crippen LogP contribution is 2.13. The van der Waals surface area contributed by atoms with Crippen molar-refractivity contribution in [3.8, 4) is 0 Å². The molecule has 3 heterocycles. The molecule has 7 heteroatoms. The Morgan fingerprint density at radius 3 is 2.86 bits per heavy atom. The van der Waals surface area contributed by atoms with E-state index in [-0.39, 0.29) is 12.0 Å². The van der Waals surface area contributed by atoms with Crippen molar-refractivity contribution in [2.24, 2.45) is 0 Å². The average Bonchev–Trinajstić information content (AvgIpc) is 3.16. The number of hydrogen-bond acceptors (Lipinski definition) is 5. The van der Waals surface area contributed by atoms with Gasteiger partial charge in [0.2, 0.25) is 5.91 Å². The molecule has 0 N–H and O–H groups in total. The van der Waals surface area contributed by atoms with Gasteiger partial charge in [-0.25, -0.2) is 4.98 Å². The second kappa shape index (κ2) is 7.69. The van der Waals surface area contributed by atoms with Gasteiger partial charge in [-0.1, -0.05) is 0 Å². The van der Waals surface area contributed by atoms with Gasteiger partial charge >= 0.3 is 0 Å². The number of aromatic nitrogens is 3. The summed E-state index contributed by atoms with van der Waals surface area (Å²) in [5.41, 5.74) is 0. The molecule has 0 spiro atoms. The minimum absolute atomic E-state index is 0.149. The Balaban J connectivity index is 1.49. The topological polar surface area (TPSA) is 63.5 Å². The lowest BCUT2D eigenvalue weighted by Gasteiger charge is -2.27. The molecule has 0 radical (unpaired) electrons. The lowest BCUT2D eigenvalue weighted by Crippen LogP contribution is -2.42. The molecule has 3 rings (SSSR count). The maximum absolute atomic E-state index is 12.4.